The zero-order valence-corrected chi connectivity index (χ0v) is 15.2. The first kappa shape index (κ1) is 18.8. The Hall–Kier alpha value is -2.96. The molecule has 7 nitrogen and oxygen atoms in total. The third-order valence-corrected chi connectivity index (χ3v) is 5.18. The normalized spacial score (nSPS) is 18.0. The third kappa shape index (κ3) is 3.25. The van der Waals surface area contributed by atoms with Crippen LogP contribution in [0.15, 0.2) is 30.9 Å². The van der Waals surface area contributed by atoms with Crippen molar-refractivity contribution in [2.75, 3.05) is 13.7 Å². The Bertz CT molecular complexity index is 824. The molecule has 0 bridgehead atoms. The topological polar surface area (TPSA) is 92.8 Å². The Labute approximate surface area is 157 Å². The molecule has 1 N–H and O–H groups in total. The van der Waals surface area contributed by atoms with Crippen LogP contribution in [-0.4, -0.2) is 47.8 Å². The third-order valence-electron chi connectivity index (χ3n) is 5.18. The maximum absolute atomic E-state index is 12.8. The van der Waals surface area contributed by atoms with E-state index < -0.39 is 29.2 Å². The maximum atomic E-state index is 12.8. The minimum absolute atomic E-state index is 0.110. The largest absolute Gasteiger partial charge is 0.467 e. The Balaban J connectivity index is 1.87. The van der Waals surface area contributed by atoms with Gasteiger partial charge in [-0.05, 0) is 31.0 Å². The van der Waals surface area contributed by atoms with Crippen molar-refractivity contribution in [2.24, 2.45) is 0 Å². The number of imide groups is 1. The van der Waals surface area contributed by atoms with E-state index in [1.165, 1.54) is 31.4 Å². The smallest absolute Gasteiger partial charge is 0.331 e. The molecular formula is C20H22N2O5. The molecule has 27 heavy (non-hydrogen) atoms. The molecular weight excluding hydrogens is 348 g/mol. The van der Waals surface area contributed by atoms with Crippen molar-refractivity contribution in [1.82, 2.24) is 10.2 Å². The highest BCUT2D eigenvalue weighted by Crippen LogP contribution is 2.30. The molecule has 2 aliphatic rings. The van der Waals surface area contributed by atoms with Gasteiger partial charge in [-0.25, -0.2) is 4.79 Å². The summed E-state index contributed by atoms with van der Waals surface area (Å²) in [5.41, 5.74) is -0.370. The van der Waals surface area contributed by atoms with Crippen molar-refractivity contribution >= 4 is 23.7 Å². The Kier molecular flexibility index (Phi) is 5.12. The molecule has 0 radical (unpaired) electrons. The lowest BCUT2D eigenvalue weighted by atomic mass is 9.81. The minimum Gasteiger partial charge on any atom is -0.467 e. The number of carbonyl (C=O) groups is 4. The molecule has 0 aromatic heterocycles. The summed E-state index contributed by atoms with van der Waals surface area (Å²) in [5, 5.41) is 2.81. The predicted octanol–water partition coefficient (Wildman–Crippen LogP) is 2.07. The van der Waals surface area contributed by atoms with Gasteiger partial charge in [0.05, 0.1) is 18.2 Å². The average Bonchev–Trinajstić information content (AvgIpc) is 2.92. The minimum atomic E-state index is -1.04. The van der Waals surface area contributed by atoms with E-state index in [2.05, 4.69) is 11.9 Å². The van der Waals surface area contributed by atoms with E-state index >= 15 is 0 Å². The van der Waals surface area contributed by atoms with Gasteiger partial charge in [0.2, 0.25) is 0 Å². The van der Waals surface area contributed by atoms with Crippen molar-refractivity contribution in [1.29, 1.82) is 0 Å². The second-order valence-electron chi connectivity index (χ2n) is 6.86. The molecule has 0 unspecified atom stereocenters. The molecule has 0 spiro atoms. The molecule has 142 valence electrons. The van der Waals surface area contributed by atoms with Crippen LogP contribution in [0.5, 0.6) is 0 Å². The van der Waals surface area contributed by atoms with Crippen LogP contribution in [0.2, 0.25) is 0 Å². The maximum Gasteiger partial charge on any atom is 0.331 e. The molecule has 1 saturated carbocycles. The van der Waals surface area contributed by atoms with E-state index in [1.807, 2.05) is 0 Å². The standard InChI is InChI=1S/C20H22N2O5/c1-3-11-22-17(24)14-8-7-13(12-15(14)18(22)25)16(23)21-20(19(26)27-2)9-5-4-6-10-20/h3,7-8,12H,1,4-6,9-11H2,2H3,(H,21,23). The number of fused-ring (bicyclic) bond motifs is 1. The number of amides is 3. The van der Waals surface area contributed by atoms with Crippen LogP contribution < -0.4 is 5.32 Å². The highest BCUT2D eigenvalue weighted by atomic mass is 16.5. The quantitative estimate of drug-likeness (QED) is 0.487. The Morgan fingerprint density at radius 3 is 2.48 bits per heavy atom. The van der Waals surface area contributed by atoms with E-state index in [-0.39, 0.29) is 23.2 Å². The zero-order valence-electron chi connectivity index (χ0n) is 15.2. The van der Waals surface area contributed by atoms with Gasteiger partial charge in [0.15, 0.2) is 0 Å². The number of esters is 1. The number of nitrogens with zero attached hydrogens (tertiary/aromatic N) is 1. The number of nitrogens with one attached hydrogen (secondary N) is 1. The van der Waals surface area contributed by atoms with Crippen LogP contribution in [0.4, 0.5) is 0 Å². The summed E-state index contributed by atoms with van der Waals surface area (Å²) in [5.74, 6) is -1.78. The molecule has 1 aliphatic heterocycles. The van der Waals surface area contributed by atoms with Crippen molar-refractivity contribution < 1.29 is 23.9 Å². The van der Waals surface area contributed by atoms with Gasteiger partial charge >= 0.3 is 5.97 Å². The fourth-order valence-electron chi connectivity index (χ4n) is 3.75. The first-order chi connectivity index (χ1) is 12.9. The second-order valence-corrected chi connectivity index (χ2v) is 6.86. The van der Waals surface area contributed by atoms with Crippen molar-refractivity contribution in [3.63, 3.8) is 0 Å². The molecule has 1 aliphatic carbocycles. The fraction of sp³-hybridized carbons (Fsp3) is 0.400. The first-order valence-electron chi connectivity index (χ1n) is 8.95. The number of ether oxygens (including phenoxy) is 1. The fourth-order valence-corrected chi connectivity index (χ4v) is 3.75. The number of rotatable bonds is 5. The predicted molar refractivity (Wildman–Crippen MR) is 97.3 cm³/mol. The zero-order chi connectivity index (χ0) is 19.6. The van der Waals surface area contributed by atoms with E-state index in [9.17, 15) is 19.2 Å². The van der Waals surface area contributed by atoms with E-state index in [0.717, 1.165) is 24.2 Å². The molecule has 1 aromatic carbocycles. The van der Waals surface area contributed by atoms with Crippen LogP contribution in [0.3, 0.4) is 0 Å². The van der Waals surface area contributed by atoms with Crippen LogP contribution >= 0.6 is 0 Å². The molecule has 1 heterocycles. The van der Waals surface area contributed by atoms with Gasteiger partial charge in [-0.15, -0.1) is 6.58 Å². The molecule has 0 saturated heterocycles. The summed E-state index contributed by atoms with van der Waals surface area (Å²) in [6, 6.07) is 4.37. The monoisotopic (exact) mass is 370 g/mol. The summed E-state index contributed by atoms with van der Waals surface area (Å²) in [6.45, 7) is 3.66. The molecule has 3 rings (SSSR count). The highest BCUT2D eigenvalue weighted by Gasteiger charge is 2.42. The van der Waals surface area contributed by atoms with Crippen LogP contribution in [-0.2, 0) is 9.53 Å². The first-order valence-corrected chi connectivity index (χ1v) is 8.95. The molecule has 1 aromatic rings. The van der Waals surface area contributed by atoms with Gasteiger partial charge < -0.3 is 10.1 Å². The number of carbonyl (C=O) groups excluding carboxylic acids is 4. The van der Waals surface area contributed by atoms with Crippen LogP contribution in [0, 0.1) is 0 Å². The lowest BCUT2D eigenvalue weighted by Crippen LogP contribution is -2.56. The highest BCUT2D eigenvalue weighted by molar-refractivity contribution is 6.22. The molecule has 7 heteroatoms. The van der Waals surface area contributed by atoms with Gasteiger partial charge in [-0.1, -0.05) is 25.3 Å². The Morgan fingerprint density at radius 1 is 1.19 bits per heavy atom. The average molecular weight is 370 g/mol. The van der Waals surface area contributed by atoms with Crippen molar-refractivity contribution in [2.45, 2.75) is 37.6 Å². The summed E-state index contributed by atoms with van der Waals surface area (Å²) in [7, 11) is 1.30. The SMILES string of the molecule is C=CCN1C(=O)c2ccc(C(=O)NC3(C(=O)OC)CCCCC3)cc2C1=O. The van der Waals surface area contributed by atoms with Crippen LogP contribution in [0.25, 0.3) is 0 Å². The summed E-state index contributed by atoms with van der Waals surface area (Å²) >= 11 is 0. The van der Waals surface area contributed by atoms with Gasteiger partial charge in [0.25, 0.3) is 17.7 Å². The molecule has 1 fully saturated rings. The molecule has 3 amide bonds. The van der Waals surface area contributed by atoms with Crippen LogP contribution in [0.1, 0.15) is 63.2 Å². The number of benzene rings is 1. The van der Waals surface area contributed by atoms with Gasteiger partial charge in [-0.3, -0.25) is 19.3 Å². The summed E-state index contributed by atoms with van der Waals surface area (Å²) in [4.78, 5) is 50.9. The summed E-state index contributed by atoms with van der Waals surface area (Å²) < 4.78 is 4.91. The van der Waals surface area contributed by atoms with Gasteiger partial charge in [0, 0.05) is 12.1 Å². The van der Waals surface area contributed by atoms with E-state index in [0.29, 0.717) is 12.8 Å². The van der Waals surface area contributed by atoms with Gasteiger partial charge in [-0.2, -0.15) is 0 Å². The number of hydrogen-bond donors (Lipinski definition) is 1. The van der Waals surface area contributed by atoms with Crippen molar-refractivity contribution in [3.8, 4) is 0 Å². The van der Waals surface area contributed by atoms with Crippen molar-refractivity contribution in [3.05, 3.63) is 47.5 Å². The summed E-state index contributed by atoms with van der Waals surface area (Å²) in [6.07, 6.45) is 5.15. The number of hydrogen-bond acceptors (Lipinski definition) is 5. The van der Waals surface area contributed by atoms with Gasteiger partial charge in [0.1, 0.15) is 5.54 Å². The lowest BCUT2D eigenvalue weighted by molar-refractivity contribution is -0.149. The Morgan fingerprint density at radius 2 is 1.85 bits per heavy atom. The second kappa shape index (κ2) is 7.34. The van der Waals surface area contributed by atoms with E-state index in [4.69, 9.17) is 4.74 Å². The number of methoxy groups -OCH3 is 1. The molecule has 0 atom stereocenters. The lowest BCUT2D eigenvalue weighted by Gasteiger charge is -2.35. The van der Waals surface area contributed by atoms with E-state index in [1.54, 1.807) is 0 Å².